The van der Waals surface area contributed by atoms with Crippen molar-refractivity contribution in [2.45, 2.75) is 18.2 Å². The minimum atomic E-state index is -0.315. The summed E-state index contributed by atoms with van der Waals surface area (Å²) in [5.74, 6) is 1.51. The van der Waals surface area contributed by atoms with Crippen molar-refractivity contribution in [2.24, 2.45) is 0 Å². The van der Waals surface area contributed by atoms with Gasteiger partial charge in [-0.25, -0.2) is 0 Å². The molecule has 1 N–H and O–H groups in total. The van der Waals surface area contributed by atoms with Gasteiger partial charge in [-0.3, -0.25) is 10.1 Å². The van der Waals surface area contributed by atoms with E-state index in [1.807, 2.05) is 6.92 Å². The van der Waals surface area contributed by atoms with Crippen LogP contribution in [0.3, 0.4) is 0 Å². The minimum absolute atomic E-state index is 0.151. The van der Waals surface area contributed by atoms with Crippen LogP contribution >= 0.6 is 23.1 Å². The molecule has 9 heteroatoms. The number of hydrogen-bond acceptors (Lipinski definition) is 8. The Morgan fingerprint density at radius 2 is 2.42 bits per heavy atom. The highest BCUT2D eigenvalue weighted by Crippen LogP contribution is 2.24. The van der Waals surface area contributed by atoms with Crippen LogP contribution in [0.2, 0.25) is 0 Å². The molecule has 0 radical (unpaired) electrons. The van der Waals surface area contributed by atoms with E-state index in [4.69, 9.17) is 9.26 Å². The first-order valence-corrected chi connectivity index (χ1v) is 7.30. The Morgan fingerprint density at radius 1 is 1.58 bits per heavy atom. The van der Waals surface area contributed by atoms with Gasteiger partial charge in [0.2, 0.25) is 5.13 Å². The molecule has 2 aromatic rings. The van der Waals surface area contributed by atoms with Gasteiger partial charge in [-0.2, -0.15) is 0 Å². The summed E-state index contributed by atoms with van der Waals surface area (Å²) >= 11 is 2.91. The van der Waals surface area contributed by atoms with E-state index in [1.165, 1.54) is 11.3 Å². The molecule has 7 nitrogen and oxygen atoms in total. The third-order valence-electron chi connectivity index (χ3n) is 1.88. The fraction of sp³-hybridized carbons (Fsp3) is 0.400. The second-order valence-electron chi connectivity index (χ2n) is 3.42. The topological polar surface area (TPSA) is 90.1 Å². The number of thioether (sulfide) groups is 1. The Labute approximate surface area is 117 Å². The highest BCUT2D eigenvalue weighted by Gasteiger charge is 2.10. The van der Waals surface area contributed by atoms with Gasteiger partial charge < -0.3 is 9.26 Å². The Bertz CT molecular complexity index is 554. The molecule has 102 valence electrons. The summed E-state index contributed by atoms with van der Waals surface area (Å²) < 4.78 is 10.8. The van der Waals surface area contributed by atoms with E-state index < -0.39 is 0 Å². The lowest BCUT2D eigenvalue weighted by atomic mass is 10.5. The minimum Gasteiger partial charge on any atom is -0.465 e. The Hall–Kier alpha value is -1.61. The molecule has 2 heterocycles. The van der Waals surface area contributed by atoms with Gasteiger partial charge in [0.15, 0.2) is 10.9 Å². The lowest BCUT2D eigenvalue weighted by Gasteiger charge is -2.00. The van der Waals surface area contributed by atoms with E-state index in [0.29, 0.717) is 10.9 Å². The Morgan fingerprint density at radius 3 is 3.11 bits per heavy atom. The predicted octanol–water partition coefficient (Wildman–Crippen LogP) is 1.96. The van der Waals surface area contributed by atoms with Crippen molar-refractivity contribution in [1.29, 1.82) is 0 Å². The maximum atomic E-state index is 11.6. The van der Waals surface area contributed by atoms with Crippen molar-refractivity contribution in [3.8, 4) is 5.88 Å². The number of carbonyl (C=O) groups is 1. The zero-order valence-corrected chi connectivity index (χ0v) is 12.0. The zero-order valence-electron chi connectivity index (χ0n) is 10.4. The van der Waals surface area contributed by atoms with E-state index in [0.717, 1.165) is 10.1 Å². The summed E-state index contributed by atoms with van der Waals surface area (Å²) in [6, 6.07) is 1.61. The number of anilines is 1. The van der Waals surface area contributed by atoms with E-state index in [9.17, 15) is 4.79 Å². The van der Waals surface area contributed by atoms with Gasteiger partial charge in [0.05, 0.1) is 0 Å². The normalized spacial score (nSPS) is 10.4. The number of aryl methyl sites for hydroxylation is 1. The van der Waals surface area contributed by atoms with Crippen LogP contribution in [0, 0.1) is 6.92 Å². The third kappa shape index (κ3) is 4.21. The maximum absolute atomic E-state index is 11.6. The van der Waals surface area contributed by atoms with E-state index in [2.05, 4.69) is 20.7 Å². The number of ether oxygens (including phenoxy) is 1. The largest absolute Gasteiger partial charge is 0.465 e. The molecular formula is C10H12N4O3S2. The van der Waals surface area contributed by atoms with Crippen LogP contribution in [0.4, 0.5) is 5.13 Å². The predicted molar refractivity (Wildman–Crippen MR) is 71.7 cm³/mol. The maximum Gasteiger partial charge on any atom is 0.264 e. The lowest BCUT2D eigenvalue weighted by molar-refractivity contribution is -0.118. The molecule has 0 aliphatic rings. The van der Waals surface area contributed by atoms with Gasteiger partial charge in [-0.1, -0.05) is 30.0 Å². The zero-order chi connectivity index (χ0) is 13.7. The number of rotatable bonds is 6. The molecule has 0 saturated carbocycles. The van der Waals surface area contributed by atoms with Gasteiger partial charge in [-0.15, -0.1) is 10.2 Å². The van der Waals surface area contributed by atoms with E-state index in [1.54, 1.807) is 24.8 Å². The van der Waals surface area contributed by atoms with E-state index in [-0.39, 0.29) is 18.4 Å². The molecule has 1 amide bonds. The molecule has 0 aromatic carbocycles. The average molecular weight is 300 g/mol. The van der Waals surface area contributed by atoms with Crippen LogP contribution < -0.4 is 10.1 Å². The SMILES string of the molecule is CCSc1nnc(NC(=O)COc2cc(C)on2)s1. The Kier molecular flexibility index (Phi) is 4.74. The number of nitrogens with zero attached hydrogens (tertiary/aromatic N) is 3. The summed E-state index contributed by atoms with van der Waals surface area (Å²) in [5, 5.41) is 14.5. The van der Waals surface area contributed by atoms with Crippen LogP contribution in [0.15, 0.2) is 14.9 Å². The summed E-state index contributed by atoms with van der Waals surface area (Å²) in [7, 11) is 0. The molecule has 0 saturated heterocycles. The van der Waals surface area contributed by atoms with Gasteiger partial charge >= 0.3 is 0 Å². The second kappa shape index (κ2) is 6.53. The Balaban J connectivity index is 1.80. The molecule has 0 unspecified atom stereocenters. The first-order chi connectivity index (χ1) is 9.17. The summed E-state index contributed by atoms with van der Waals surface area (Å²) in [5.41, 5.74) is 0. The second-order valence-corrected chi connectivity index (χ2v) is 5.91. The lowest BCUT2D eigenvalue weighted by Crippen LogP contribution is -2.20. The molecule has 2 rings (SSSR count). The van der Waals surface area contributed by atoms with Crippen LogP contribution in [0.25, 0.3) is 0 Å². The van der Waals surface area contributed by atoms with Crippen molar-refractivity contribution in [3.63, 3.8) is 0 Å². The van der Waals surface area contributed by atoms with Crippen molar-refractivity contribution >= 4 is 34.1 Å². The van der Waals surface area contributed by atoms with Gasteiger partial charge in [0.1, 0.15) is 5.76 Å². The quantitative estimate of drug-likeness (QED) is 0.644. The molecular weight excluding hydrogens is 288 g/mol. The van der Waals surface area contributed by atoms with Gasteiger partial charge in [-0.05, 0) is 17.8 Å². The summed E-state index contributed by atoms with van der Waals surface area (Å²) in [6.07, 6.45) is 0. The molecule has 0 spiro atoms. The fourth-order valence-electron chi connectivity index (χ4n) is 1.15. The molecule has 0 aliphatic heterocycles. The number of aromatic nitrogens is 3. The number of carbonyl (C=O) groups excluding carboxylic acids is 1. The smallest absolute Gasteiger partial charge is 0.264 e. The first kappa shape index (κ1) is 13.8. The molecule has 0 fully saturated rings. The average Bonchev–Trinajstić information content (AvgIpc) is 2.97. The summed E-state index contributed by atoms with van der Waals surface area (Å²) in [6.45, 7) is 3.62. The summed E-state index contributed by atoms with van der Waals surface area (Å²) in [4.78, 5) is 11.6. The van der Waals surface area contributed by atoms with E-state index >= 15 is 0 Å². The van der Waals surface area contributed by atoms with Gasteiger partial charge in [0, 0.05) is 6.07 Å². The first-order valence-electron chi connectivity index (χ1n) is 5.49. The van der Waals surface area contributed by atoms with Gasteiger partial charge in [0.25, 0.3) is 11.8 Å². The number of amides is 1. The highest BCUT2D eigenvalue weighted by atomic mass is 32.2. The standard InChI is InChI=1S/C10H12N4O3S2/c1-3-18-10-13-12-9(19-10)11-7(15)5-16-8-4-6(2)17-14-8/h4H,3,5H2,1-2H3,(H,11,12,15). The molecule has 19 heavy (non-hydrogen) atoms. The van der Waals surface area contributed by atoms with Crippen LogP contribution in [-0.2, 0) is 4.79 Å². The highest BCUT2D eigenvalue weighted by molar-refractivity contribution is 8.01. The monoisotopic (exact) mass is 300 g/mol. The van der Waals surface area contributed by atoms with Crippen molar-refractivity contribution < 1.29 is 14.1 Å². The fourth-order valence-corrected chi connectivity index (χ4v) is 2.81. The van der Waals surface area contributed by atoms with Crippen LogP contribution in [-0.4, -0.2) is 33.6 Å². The van der Waals surface area contributed by atoms with Crippen LogP contribution in [0.1, 0.15) is 12.7 Å². The molecule has 0 aliphatic carbocycles. The number of hydrogen-bond donors (Lipinski definition) is 1. The van der Waals surface area contributed by atoms with Crippen LogP contribution in [0.5, 0.6) is 5.88 Å². The van der Waals surface area contributed by atoms with Crippen molar-refractivity contribution in [1.82, 2.24) is 15.4 Å². The third-order valence-corrected chi connectivity index (χ3v) is 3.73. The molecule has 2 aromatic heterocycles. The van der Waals surface area contributed by atoms with Crippen molar-refractivity contribution in [3.05, 3.63) is 11.8 Å². The van der Waals surface area contributed by atoms with Crippen molar-refractivity contribution in [2.75, 3.05) is 17.7 Å². The molecule has 0 atom stereocenters. The molecule has 0 bridgehead atoms. The number of nitrogens with one attached hydrogen (secondary N) is 1.